The van der Waals surface area contributed by atoms with Gasteiger partial charge < -0.3 is 4.42 Å². The summed E-state index contributed by atoms with van der Waals surface area (Å²) in [6.07, 6.45) is 2.36. The minimum absolute atomic E-state index is 0.0102. The van der Waals surface area contributed by atoms with Gasteiger partial charge in [-0.2, -0.15) is 4.37 Å². The number of benzene rings is 2. The van der Waals surface area contributed by atoms with E-state index in [2.05, 4.69) is 30.8 Å². The summed E-state index contributed by atoms with van der Waals surface area (Å²) in [5.41, 5.74) is 1.60. The Kier molecular flexibility index (Phi) is 6.14. The van der Waals surface area contributed by atoms with E-state index < -0.39 is 32.5 Å². The number of hydrogen-bond donors (Lipinski definition) is 1. The molecule has 1 atom stereocenters. The summed E-state index contributed by atoms with van der Waals surface area (Å²) in [7, 11) is -4.31. The maximum atomic E-state index is 15.0. The predicted octanol–water partition coefficient (Wildman–Crippen LogP) is 3.05. The Morgan fingerprint density at radius 2 is 2.09 bits per heavy atom. The Balaban J connectivity index is 1.52. The maximum absolute atomic E-state index is 15.0. The van der Waals surface area contributed by atoms with E-state index in [9.17, 15) is 13.2 Å². The second kappa shape index (κ2) is 9.26. The Bertz CT molecular complexity index is 1610. The number of nitrogens with one attached hydrogen (secondary N) is 1. The van der Waals surface area contributed by atoms with Crippen molar-refractivity contribution < 1.29 is 17.2 Å². The molecule has 1 fully saturated rings. The third kappa shape index (κ3) is 4.58. The number of oxazole rings is 1. The van der Waals surface area contributed by atoms with Crippen LogP contribution in [0.25, 0.3) is 11.1 Å². The van der Waals surface area contributed by atoms with Crippen molar-refractivity contribution in [2.45, 2.75) is 24.3 Å². The van der Waals surface area contributed by atoms with Crippen molar-refractivity contribution in [3.8, 4) is 11.8 Å². The first-order valence-corrected chi connectivity index (χ1v) is 13.0. The monoisotopic (exact) mass is 513 g/mol. The van der Waals surface area contributed by atoms with Gasteiger partial charge in [-0.3, -0.25) is 14.2 Å². The molecule has 35 heavy (non-hydrogen) atoms. The highest BCUT2D eigenvalue weighted by Gasteiger charge is 2.26. The van der Waals surface area contributed by atoms with Crippen molar-refractivity contribution in [1.82, 2.24) is 18.8 Å². The van der Waals surface area contributed by atoms with Crippen LogP contribution in [0.3, 0.4) is 0 Å². The van der Waals surface area contributed by atoms with E-state index >= 15 is 4.39 Å². The number of sulfonamides is 1. The first-order chi connectivity index (χ1) is 16.8. The molecule has 1 saturated heterocycles. The van der Waals surface area contributed by atoms with Crippen LogP contribution < -0.4 is 10.5 Å². The number of hydrogen-bond acceptors (Lipinski definition) is 8. The average Bonchev–Trinajstić information content (AvgIpc) is 3.40. The lowest BCUT2D eigenvalue weighted by atomic mass is 10.0. The first kappa shape index (κ1) is 23.2. The van der Waals surface area contributed by atoms with Crippen LogP contribution in [0, 0.1) is 17.7 Å². The van der Waals surface area contributed by atoms with E-state index in [1.807, 2.05) is 24.3 Å². The molecule has 9 nitrogen and oxygen atoms in total. The third-order valence-electron chi connectivity index (χ3n) is 5.81. The summed E-state index contributed by atoms with van der Waals surface area (Å²) >= 11 is 0.810. The molecule has 0 bridgehead atoms. The quantitative estimate of drug-likeness (QED) is 0.395. The summed E-state index contributed by atoms with van der Waals surface area (Å²) in [6.45, 7) is 4.54. The molecule has 3 heterocycles. The number of rotatable bonds is 6. The van der Waals surface area contributed by atoms with Gasteiger partial charge >= 0.3 is 5.76 Å². The minimum Gasteiger partial charge on any atom is -0.408 e. The van der Waals surface area contributed by atoms with Gasteiger partial charge in [-0.25, -0.2) is 22.6 Å². The zero-order chi connectivity index (χ0) is 24.6. The fraction of sp³-hybridized carbons (Fsp3) is 0.261. The largest absolute Gasteiger partial charge is 0.420 e. The molecule has 1 aliphatic heterocycles. The van der Waals surface area contributed by atoms with Gasteiger partial charge in [0.1, 0.15) is 17.0 Å². The number of halogens is 1. The SMILES string of the molecule is C[C@H](c1ccccc1C#CCN1CCC1)n1c(=O)oc2cc(S(=O)(=O)Nc3ncns3)c(F)cc21. The lowest BCUT2D eigenvalue weighted by Gasteiger charge is -2.28. The van der Waals surface area contributed by atoms with Gasteiger partial charge in [-0.1, -0.05) is 30.0 Å². The average molecular weight is 514 g/mol. The lowest BCUT2D eigenvalue weighted by Crippen LogP contribution is -2.37. The molecule has 0 radical (unpaired) electrons. The maximum Gasteiger partial charge on any atom is 0.420 e. The Morgan fingerprint density at radius 3 is 2.80 bits per heavy atom. The van der Waals surface area contributed by atoms with Crippen molar-refractivity contribution in [2.75, 3.05) is 24.4 Å². The van der Waals surface area contributed by atoms with Crippen LogP contribution in [0.5, 0.6) is 0 Å². The van der Waals surface area contributed by atoms with Crippen LogP contribution in [-0.4, -0.2) is 46.9 Å². The van der Waals surface area contributed by atoms with Gasteiger partial charge in [-0.05, 0) is 25.0 Å². The number of nitrogens with zero attached hydrogens (tertiary/aromatic N) is 4. The number of anilines is 1. The highest BCUT2D eigenvalue weighted by molar-refractivity contribution is 7.93. The summed E-state index contributed by atoms with van der Waals surface area (Å²) in [6, 6.07) is 8.87. The molecule has 2 aromatic heterocycles. The molecule has 12 heteroatoms. The second-order valence-corrected chi connectivity index (χ2v) is 10.5. The number of aromatic nitrogens is 3. The highest BCUT2D eigenvalue weighted by Crippen LogP contribution is 2.29. The molecular formula is C23H20FN5O4S2. The van der Waals surface area contributed by atoms with E-state index in [4.69, 9.17) is 4.42 Å². The van der Waals surface area contributed by atoms with Crippen molar-refractivity contribution in [3.63, 3.8) is 0 Å². The zero-order valence-electron chi connectivity index (χ0n) is 18.6. The van der Waals surface area contributed by atoms with Crippen LogP contribution in [-0.2, 0) is 10.0 Å². The van der Waals surface area contributed by atoms with E-state index in [1.165, 1.54) is 17.3 Å². The van der Waals surface area contributed by atoms with E-state index in [0.717, 1.165) is 47.9 Å². The van der Waals surface area contributed by atoms with Crippen LogP contribution >= 0.6 is 11.5 Å². The van der Waals surface area contributed by atoms with Gasteiger partial charge in [-0.15, -0.1) is 0 Å². The van der Waals surface area contributed by atoms with Crippen LogP contribution in [0.4, 0.5) is 9.52 Å². The Hall–Kier alpha value is -3.53. The Morgan fingerprint density at radius 1 is 1.29 bits per heavy atom. The molecule has 1 aliphatic rings. The zero-order valence-corrected chi connectivity index (χ0v) is 20.2. The fourth-order valence-corrected chi connectivity index (χ4v) is 5.63. The molecule has 2 aromatic carbocycles. The van der Waals surface area contributed by atoms with Crippen LogP contribution in [0.2, 0.25) is 0 Å². The van der Waals surface area contributed by atoms with Crippen molar-refractivity contribution in [3.05, 3.63) is 70.2 Å². The van der Waals surface area contributed by atoms with Crippen LogP contribution in [0.1, 0.15) is 30.5 Å². The van der Waals surface area contributed by atoms with E-state index in [0.29, 0.717) is 6.54 Å². The van der Waals surface area contributed by atoms with Crippen molar-refractivity contribution in [1.29, 1.82) is 0 Å². The minimum atomic E-state index is -4.31. The standard InChI is InChI=1S/C23H20FN5O4S2/c1-15(17-8-3-2-6-16(17)7-4-9-28-10-5-11-28)29-19-12-18(24)21(13-20(19)33-23(29)30)35(31,32)27-22-25-14-26-34-22/h2-3,6,8,12-15H,5,9-11H2,1H3,(H,25,26,27)/t15-/m1/s1. The van der Waals surface area contributed by atoms with Crippen molar-refractivity contribution in [2.24, 2.45) is 0 Å². The summed E-state index contributed by atoms with van der Waals surface area (Å²) < 4.78 is 52.9. The van der Waals surface area contributed by atoms with E-state index in [-0.39, 0.29) is 16.2 Å². The predicted molar refractivity (Wildman–Crippen MR) is 129 cm³/mol. The molecule has 0 amide bonds. The highest BCUT2D eigenvalue weighted by atomic mass is 32.2. The first-order valence-electron chi connectivity index (χ1n) is 10.8. The fourth-order valence-electron chi connectivity index (χ4n) is 3.90. The van der Waals surface area contributed by atoms with E-state index in [1.54, 1.807) is 6.92 Å². The molecule has 0 saturated carbocycles. The van der Waals surface area contributed by atoms with Crippen molar-refractivity contribution >= 4 is 37.8 Å². The van der Waals surface area contributed by atoms with Gasteiger partial charge in [0.2, 0.25) is 5.13 Å². The molecular weight excluding hydrogens is 493 g/mol. The summed E-state index contributed by atoms with van der Waals surface area (Å²) in [5.74, 6) is 4.58. The molecule has 0 spiro atoms. The smallest absolute Gasteiger partial charge is 0.408 e. The molecule has 180 valence electrons. The van der Waals surface area contributed by atoms with Gasteiger partial charge in [0.05, 0.1) is 18.1 Å². The number of fused-ring (bicyclic) bond motifs is 1. The molecule has 4 aromatic rings. The normalized spacial score (nSPS) is 14.8. The molecule has 0 aliphatic carbocycles. The molecule has 0 unspecified atom stereocenters. The molecule has 1 N–H and O–H groups in total. The number of likely N-dealkylation sites (tertiary alicyclic amines) is 1. The summed E-state index contributed by atoms with van der Waals surface area (Å²) in [5, 5.41) is -0.0102. The van der Waals surface area contributed by atoms with Gasteiger partial charge in [0.25, 0.3) is 10.0 Å². The third-order valence-corrected chi connectivity index (χ3v) is 7.88. The lowest BCUT2D eigenvalue weighted by molar-refractivity contribution is 0.207. The van der Waals surface area contributed by atoms with Crippen LogP contribution in [0.15, 0.2) is 56.8 Å². The molecule has 5 rings (SSSR count). The Labute approximate surface area is 204 Å². The topological polar surface area (TPSA) is 110 Å². The second-order valence-electron chi connectivity index (χ2n) is 8.03. The summed E-state index contributed by atoms with van der Waals surface area (Å²) in [4.78, 5) is 18.1. The van der Waals surface area contributed by atoms with Gasteiger partial charge in [0.15, 0.2) is 5.58 Å². The van der Waals surface area contributed by atoms with Gasteiger partial charge in [0, 0.05) is 42.3 Å².